The van der Waals surface area contributed by atoms with Crippen molar-refractivity contribution in [2.45, 2.75) is 25.5 Å². The van der Waals surface area contributed by atoms with Gasteiger partial charge < -0.3 is 10.1 Å². The summed E-state index contributed by atoms with van der Waals surface area (Å²) >= 11 is 0. The molecule has 0 aliphatic heterocycles. The summed E-state index contributed by atoms with van der Waals surface area (Å²) in [5.41, 5.74) is 0.120. The average Bonchev–Trinajstić information content (AvgIpc) is 2.91. The number of hydrogen-bond donors (Lipinski definition) is 1. The third-order valence-electron chi connectivity index (χ3n) is 5.73. The molecule has 39 heavy (non-hydrogen) atoms. The van der Waals surface area contributed by atoms with Gasteiger partial charge >= 0.3 is 18.4 Å². The van der Waals surface area contributed by atoms with Crippen molar-refractivity contribution >= 4 is 17.4 Å². The number of nitrogens with one attached hydrogen (secondary N) is 1. The van der Waals surface area contributed by atoms with Crippen molar-refractivity contribution in [3.05, 3.63) is 125 Å². The van der Waals surface area contributed by atoms with Crippen LogP contribution in [-0.4, -0.2) is 6.03 Å². The van der Waals surface area contributed by atoms with Crippen LogP contribution in [0.3, 0.4) is 0 Å². The molecule has 0 aliphatic rings. The lowest BCUT2D eigenvalue weighted by Crippen LogP contribution is -2.34. The minimum Gasteiger partial charge on any atom is -0.489 e. The van der Waals surface area contributed by atoms with Gasteiger partial charge in [0.15, 0.2) is 0 Å². The van der Waals surface area contributed by atoms with E-state index in [-0.39, 0.29) is 17.9 Å². The Labute approximate surface area is 220 Å². The number of alkyl halides is 6. The van der Waals surface area contributed by atoms with Gasteiger partial charge in [0.2, 0.25) is 0 Å². The third kappa shape index (κ3) is 7.53. The predicted octanol–water partition coefficient (Wildman–Crippen LogP) is 8.54. The number of hydrogen-bond acceptors (Lipinski definition) is 2. The van der Waals surface area contributed by atoms with Crippen molar-refractivity contribution in [3.63, 3.8) is 0 Å². The molecule has 1 N–H and O–H groups in total. The highest BCUT2D eigenvalue weighted by molar-refractivity contribution is 6.01. The lowest BCUT2D eigenvalue weighted by molar-refractivity contribution is -0.138. The van der Waals surface area contributed by atoms with Crippen molar-refractivity contribution < 1.29 is 35.9 Å². The number of ether oxygens (including phenoxy) is 1. The van der Waals surface area contributed by atoms with Crippen molar-refractivity contribution in [2.24, 2.45) is 0 Å². The molecule has 0 spiro atoms. The van der Waals surface area contributed by atoms with Crippen molar-refractivity contribution in [1.29, 1.82) is 0 Å². The minimum absolute atomic E-state index is 0.0310. The highest BCUT2D eigenvalue weighted by Crippen LogP contribution is 2.32. The molecule has 0 aromatic heterocycles. The summed E-state index contributed by atoms with van der Waals surface area (Å²) in [5, 5.41) is 2.51. The zero-order chi connectivity index (χ0) is 28.0. The van der Waals surface area contributed by atoms with Gasteiger partial charge in [0.25, 0.3) is 0 Å². The maximum atomic E-state index is 13.2. The van der Waals surface area contributed by atoms with Gasteiger partial charge in [-0.15, -0.1) is 0 Å². The van der Waals surface area contributed by atoms with E-state index >= 15 is 0 Å². The summed E-state index contributed by atoms with van der Waals surface area (Å²) in [6, 6.07) is 23.5. The quantitative estimate of drug-likeness (QED) is 0.237. The van der Waals surface area contributed by atoms with E-state index in [9.17, 15) is 31.1 Å². The van der Waals surface area contributed by atoms with Crippen LogP contribution < -0.4 is 15.0 Å². The fourth-order valence-corrected chi connectivity index (χ4v) is 3.66. The second-order valence-electron chi connectivity index (χ2n) is 8.55. The maximum absolute atomic E-state index is 13.2. The number of halogens is 6. The van der Waals surface area contributed by atoms with Gasteiger partial charge in [-0.25, -0.2) is 4.79 Å². The number of rotatable bonds is 7. The summed E-state index contributed by atoms with van der Waals surface area (Å²) in [5.74, 6) is 0.581. The summed E-state index contributed by atoms with van der Waals surface area (Å²) in [6.45, 7) is 0.324. The molecule has 0 saturated heterocycles. The Balaban J connectivity index is 1.52. The number of nitrogens with zero attached hydrogens (tertiary/aromatic N) is 1. The number of carbonyl (C=O) groups is 1. The molecular weight excluding hydrogens is 522 g/mol. The number of carbonyl (C=O) groups excluding carboxylic acids is 1. The van der Waals surface area contributed by atoms with Crippen LogP contribution in [-0.2, 0) is 25.5 Å². The summed E-state index contributed by atoms with van der Waals surface area (Å²) < 4.78 is 83.5. The molecule has 0 aliphatic carbocycles. The molecule has 4 nitrogen and oxygen atoms in total. The average molecular weight is 544 g/mol. The zero-order valence-corrected chi connectivity index (χ0v) is 20.3. The lowest BCUT2D eigenvalue weighted by atomic mass is 10.1. The van der Waals surface area contributed by atoms with Crippen LogP contribution in [0.2, 0.25) is 0 Å². The summed E-state index contributed by atoms with van der Waals surface area (Å²) in [6.07, 6.45) is -9.09. The number of urea groups is 1. The monoisotopic (exact) mass is 544 g/mol. The van der Waals surface area contributed by atoms with E-state index in [1.807, 2.05) is 30.3 Å². The normalized spacial score (nSPS) is 11.6. The SMILES string of the molecule is O=C(Nc1ccc(C(F)(F)F)cc1)N(Cc1ccc(OCc2ccccc2)cc1)c1ccc(C(F)(F)F)cc1. The Morgan fingerprint density at radius 1 is 0.667 bits per heavy atom. The van der Waals surface area contributed by atoms with E-state index in [0.717, 1.165) is 54.1 Å². The first kappa shape index (κ1) is 27.6. The van der Waals surface area contributed by atoms with Gasteiger partial charge in [-0.05, 0) is 71.8 Å². The van der Waals surface area contributed by atoms with E-state index in [4.69, 9.17) is 4.74 Å². The van der Waals surface area contributed by atoms with Crippen LogP contribution in [0.4, 0.5) is 42.5 Å². The minimum atomic E-state index is -4.55. The largest absolute Gasteiger partial charge is 0.489 e. The highest BCUT2D eigenvalue weighted by atomic mass is 19.4. The first-order valence-corrected chi connectivity index (χ1v) is 11.7. The van der Waals surface area contributed by atoms with E-state index in [0.29, 0.717) is 17.9 Å². The highest BCUT2D eigenvalue weighted by Gasteiger charge is 2.31. The van der Waals surface area contributed by atoms with Gasteiger partial charge in [-0.3, -0.25) is 4.90 Å². The standard InChI is InChI=1S/C29H22F6N2O2/c30-28(31,32)22-8-12-24(13-9-22)36-27(38)37(25-14-10-23(11-15-25)29(33,34)35)18-20-6-16-26(17-7-20)39-19-21-4-2-1-3-5-21/h1-17H,18-19H2,(H,36,38). The number of benzene rings is 4. The lowest BCUT2D eigenvalue weighted by Gasteiger charge is -2.24. The Kier molecular flexibility index (Phi) is 8.13. The van der Waals surface area contributed by atoms with E-state index in [1.165, 1.54) is 4.90 Å². The molecule has 4 aromatic rings. The van der Waals surface area contributed by atoms with Crippen molar-refractivity contribution in [2.75, 3.05) is 10.2 Å². The van der Waals surface area contributed by atoms with Crippen LogP contribution in [0, 0.1) is 0 Å². The van der Waals surface area contributed by atoms with Gasteiger partial charge in [-0.2, -0.15) is 26.3 Å². The molecule has 10 heteroatoms. The van der Waals surface area contributed by atoms with Crippen molar-refractivity contribution in [1.82, 2.24) is 0 Å². The summed E-state index contributed by atoms with van der Waals surface area (Å²) in [7, 11) is 0. The van der Waals surface area contributed by atoms with Crippen LogP contribution in [0.25, 0.3) is 0 Å². The van der Waals surface area contributed by atoms with Crippen LogP contribution in [0.15, 0.2) is 103 Å². The Morgan fingerprint density at radius 3 is 1.74 bits per heavy atom. The Morgan fingerprint density at radius 2 is 1.21 bits per heavy atom. The number of anilines is 2. The third-order valence-corrected chi connectivity index (χ3v) is 5.73. The van der Waals surface area contributed by atoms with Gasteiger partial charge in [-0.1, -0.05) is 42.5 Å². The second-order valence-corrected chi connectivity index (χ2v) is 8.55. The molecule has 0 radical (unpaired) electrons. The number of amides is 2. The fourth-order valence-electron chi connectivity index (χ4n) is 3.66. The molecule has 202 valence electrons. The maximum Gasteiger partial charge on any atom is 0.416 e. The molecule has 4 rings (SSSR count). The van der Waals surface area contributed by atoms with E-state index in [1.54, 1.807) is 24.3 Å². The van der Waals surface area contributed by atoms with E-state index in [2.05, 4.69) is 5.32 Å². The van der Waals surface area contributed by atoms with E-state index < -0.39 is 29.5 Å². The zero-order valence-electron chi connectivity index (χ0n) is 20.3. The van der Waals surface area contributed by atoms with Gasteiger partial charge in [0, 0.05) is 11.4 Å². The van der Waals surface area contributed by atoms with Gasteiger partial charge in [0.1, 0.15) is 12.4 Å². The molecule has 0 atom stereocenters. The van der Waals surface area contributed by atoms with Crippen LogP contribution in [0.5, 0.6) is 5.75 Å². The Hall–Kier alpha value is -4.47. The first-order chi connectivity index (χ1) is 18.5. The molecule has 4 aromatic carbocycles. The molecule has 0 bridgehead atoms. The Bertz CT molecular complexity index is 1370. The predicted molar refractivity (Wildman–Crippen MR) is 135 cm³/mol. The molecule has 2 amide bonds. The fraction of sp³-hybridized carbons (Fsp3) is 0.138. The molecular formula is C29H22F6N2O2. The topological polar surface area (TPSA) is 41.6 Å². The van der Waals surface area contributed by atoms with Crippen molar-refractivity contribution in [3.8, 4) is 5.75 Å². The van der Waals surface area contributed by atoms with Crippen LogP contribution in [0.1, 0.15) is 22.3 Å². The van der Waals surface area contributed by atoms with Crippen LogP contribution >= 0.6 is 0 Å². The summed E-state index contributed by atoms with van der Waals surface area (Å²) in [4.78, 5) is 14.3. The smallest absolute Gasteiger partial charge is 0.416 e. The molecule has 0 unspecified atom stereocenters. The second kappa shape index (κ2) is 11.5. The molecule has 0 saturated carbocycles. The first-order valence-electron chi connectivity index (χ1n) is 11.7. The van der Waals surface area contributed by atoms with Gasteiger partial charge in [0.05, 0.1) is 17.7 Å². The molecule has 0 heterocycles. The molecule has 0 fully saturated rings.